The first-order chi connectivity index (χ1) is 7.38. The van der Waals surface area contributed by atoms with Gasteiger partial charge in [-0.2, -0.15) is 0 Å². The van der Waals surface area contributed by atoms with Crippen LogP contribution in [-0.2, 0) is 4.79 Å². The van der Waals surface area contributed by atoms with Crippen molar-refractivity contribution in [3.8, 4) is 0 Å². The topological polar surface area (TPSA) is 41.1 Å². The van der Waals surface area contributed by atoms with Gasteiger partial charge in [-0.25, -0.2) is 0 Å². The molecule has 1 atom stereocenters. The van der Waals surface area contributed by atoms with Crippen molar-refractivity contribution in [1.29, 1.82) is 0 Å². The largest absolute Gasteiger partial charge is 0.350 e. The van der Waals surface area contributed by atoms with E-state index in [9.17, 15) is 4.79 Å². The molecule has 3 nitrogen and oxygen atoms in total. The molecule has 0 aromatic rings. The van der Waals surface area contributed by atoms with Gasteiger partial charge >= 0.3 is 0 Å². The number of hydrogen-bond donors (Lipinski definition) is 2. The van der Waals surface area contributed by atoms with Crippen LogP contribution >= 0.6 is 0 Å². The van der Waals surface area contributed by atoms with Gasteiger partial charge in [-0.05, 0) is 40.5 Å². The normalized spacial score (nSPS) is 20.5. The maximum absolute atomic E-state index is 11.9. The fourth-order valence-electron chi connectivity index (χ4n) is 2.18. The van der Waals surface area contributed by atoms with E-state index in [1.807, 2.05) is 27.7 Å². The van der Waals surface area contributed by atoms with Crippen molar-refractivity contribution in [3.05, 3.63) is 0 Å². The Hall–Kier alpha value is -0.570. The SMILES string of the molecule is CC(NC1CCCCC1)C(=O)NC(C)(C)C. The Balaban J connectivity index is 2.33. The van der Waals surface area contributed by atoms with E-state index in [1.165, 1.54) is 32.1 Å². The van der Waals surface area contributed by atoms with Gasteiger partial charge in [0.2, 0.25) is 5.91 Å². The highest BCUT2D eigenvalue weighted by atomic mass is 16.2. The van der Waals surface area contributed by atoms with Crippen LogP contribution < -0.4 is 10.6 Å². The lowest BCUT2D eigenvalue weighted by atomic mass is 9.95. The molecule has 0 aliphatic heterocycles. The Kier molecular flexibility index (Phi) is 4.78. The molecule has 0 heterocycles. The summed E-state index contributed by atoms with van der Waals surface area (Å²) >= 11 is 0. The van der Waals surface area contributed by atoms with Gasteiger partial charge < -0.3 is 10.6 Å². The highest BCUT2D eigenvalue weighted by molar-refractivity contribution is 5.81. The summed E-state index contributed by atoms with van der Waals surface area (Å²) in [6.07, 6.45) is 6.37. The molecule has 1 saturated carbocycles. The summed E-state index contributed by atoms with van der Waals surface area (Å²) in [5.74, 6) is 0.109. The Morgan fingerprint density at radius 3 is 2.25 bits per heavy atom. The third-order valence-corrected chi connectivity index (χ3v) is 2.98. The number of carbonyl (C=O) groups excluding carboxylic acids is 1. The fraction of sp³-hybridized carbons (Fsp3) is 0.923. The van der Waals surface area contributed by atoms with Gasteiger partial charge in [0.05, 0.1) is 6.04 Å². The van der Waals surface area contributed by atoms with Gasteiger partial charge in [0.1, 0.15) is 0 Å². The van der Waals surface area contributed by atoms with Crippen molar-refractivity contribution in [2.75, 3.05) is 0 Å². The zero-order chi connectivity index (χ0) is 12.2. The van der Waals surface area contributed by atoms with Gasteiger partial charge in [-0.3, -0.25) is 4.79 Å². The molecule has 3 heteroatoms. The minimum atomic E-state index is -0.139. The third kappa shape index (κ3) is 4.97. The van der Waals surface area contributed by atoms with Crippen molar-refractivity contribution in [2.24, 2.45) is 0 Å². The summed E-state index contributed by atoms with van der Waals surface area (Å²) in [7, 11) is 0. The van der Waals surface area contributed by atoms with Gasteiger partial charge in [0.15, 0.2) is 0 Å². The Labute approximate surface area is 99.4 Å². The van der Waals surface area contributed by atoms with Gasteiger partial charge in [0.25, 0.3) is 0 Å². The van der Waals surface area contributed by atoms with Crippen LogP contribution in [0.25, 0.3) is 0 Å². The first-order valence-corrected chi connectivity index (χ1v) is 6.46. The van der Waals surface area contributed by atoms with Crippen molar-refractivity contribution < 1.29 is 4.79 Å². The standard InChI is InChI=1S/C13H26N2O/c1-10(12(16)15-13(2,3)4)14-11-8-6-5-7-9-11/h10-11,14H,5-9H2,1-4H3,(H,15,16). The maximum atomic E-state index is 11.9. The van der Waals surface area contributed by atoms with E-state index < -0.39 is 0 Å². The highest BCUT2D eigenvalue weighted by Crippen LogP contribution is 2.17. The average molecular weight is 226 g/mol. The van der Waals surface area contributed by atoms with E-state index in [1.54, 1.807) is 0 Å². The van der Waals surface area contributed by atoms with Crippen molar-refractivity contribution in [1.82, 2.24) is 10.6 Å². The molecule has 16 heavy (non-hydrogen) atoms. The molecule has 0 aromatic heterocycles. The summed E-state index contributed by atoms with van der Waals surface area (Å²) in [5.41, 5.74) is -0.139. The summed E-state index contributed by atoms with van der Waals surface area (Å²) in [6.45, 7) is 7.99. The predicted octanol–water partition coefficient (Wildman–Crippen LogP) is 2.21. The highest BCUT2D eigenvalue weighted by Gasteiger charge is 2.22. The second-order valence-electron chi connectivity index (χ2n) is 5.96. The molecule has 1 unspecified atom stereocenters. The molecule has 1 aliphatic carbocycles. The molecule has 0 saturated heterocycles. The fourth-order valence-corrected chi connectivity index (χ4v) is 2.18. The van der Waals surface area contributed by atoms with Crippen LogP contribution in [0.2, 0.25) is 0 Å². The molecule has 94 valence electrons. The van der Waals surface area contributed by atoms with E-state index in [4.69, 9.17) is 0 Å². The van der Waals surface area contributed by atoms with Crippen LogP contribution in [0.4, 0.5) is 0 Å². The van der Waals surface area contributed by atoms with E-state index in [0.29, 0.717) is 6.04 Å². The number of rotatable bonds is 3. The van der Waals surface area contributed by atoms with Crippen molar-refractivity contribution >= 4 is 5.91 Å². The predicted molar refractivity (Wildman–Crippen MR) is 67.4 cm³/mol. The second-order valence-corrected chi connectivity index (χ2v) is 5.96. The quantitative estimate of drug-likeness (QED) is 0.774. The third-order valence-electron chi connectivity index (χ3n) is 2.98. The molecule has 1 rings (SSSR count). The number of hydrogen-bond acceptors (Lipinski definition) is 2. The van der Waals surface area contributed by atoms with Crippen LogP contribution in [0.15, 0.2) is 0 Å². The summed E-state index contributed by atoms with van der Waals surface area (Å²) < 4.78 is 0. The smallest absolute Gasteiger partial charge is 0.237 e. The zero-order valence-electron chi connectivity index (χ0n) is 11.1. The van der Waals surface area contributed by atoms with Crippen LogP contribution in [0.3, 0.4) is 0 Å². The Morgan fingerprint density at radius 1 is 1.19 bits per heavy atom. The lowest BCUT2D eigenvalue weighted by molar-refractivity contribution is -0.124. The second kappa shape index (κ2) is 5.67. The number of nitrogens with one attached hydrogen (secondary N) is 2. The van der Waals surface area contributed by atoms with E-state index in [-0.39, 0.29) is 17.5 Å². The van der Waals surface area contributed by atoms with E-state index >= 15 is 0 Å². The lowest BCUT2D eigenvalue weighted by Crippen LogP contribution is -2.52. The van der Waals surface area contributed by atoms with Crippen LogP contribution in [0, 0.1) is 0 Å². The molecule has 1 fully saturated rings. The minimum Gasteiger partial charge on any atom is -0.350 e. The summed E-state index contributed by atoms with van der Waals surface area (Å²) in [5, 5.41) is 6.44. The molecular weight excluding hydrogens is 200 g/mol. The molecular formula is C13H26N2O. The maximum Gasteiger partial charge on any atom is 0.237 e. The lowest BCUT2D eigenvalue weighted by Gasteiger charge is -2.28. The molecule has 0 radical (unpaired) electrons. The monoisotopic (exact) mass is 226 g/mol. The van der Waals surface area contributed by atoms with Crippen molar-refractivity contribution in [2.45, 2.75) is 77.4 Å². The van der Waals surface area contributed by atoms with Gasteiger partial charge in [0, 0.05) is 11.6 Å². The Morgan fingerprint density at radius 2 is 1.75 bits per heavy atom. The van der Waals surface area contributed by atoms with E-state index in [0.717, 1.165) is 0 Å². The summed E-state index contributed by atoms with van der Waals surface area (Å²) in [6, 6.07) is 0.455. The first-order valence-electron chi connectivity index (χ1n) is 6.46. The van der Waals surface area contributed by atoms with Crippen LogP contribution in [-0.4, -0.2) is 23.5 Å². The van der Waals surface area contributed by atoms with Crippen LogP contribution in [0.5, 0.6) is 0 Å². The Bertz CT molecular complexity index is 227. The first kappa shape index (κ1) is 13.5. The average Bonchev–Trinajstić information content (AvgIpc) is 2.16. The van der Waals surface area contributed by atoms with Crippen molar-refractivity contribution in [3.63, 3.8) is 0 Å². The number of amides is 1. The molecule has 0 spiro atoms. The molecule has 1 amide bonds. The summed E-state index contributed by atoms with van der Waals surface area (Å²) in [4.78, 5) is 11.9. The zero-order valence-corrected chi connectivity index (χ0v) is 11.1. The molecule has 0 aromatic carbocycles. The molecule has 1 aliphatic rings. The number of carbonyl (C=O) groups is 1. The van der Waals surface area contributed by atoms with E-state index in [2.05, 4.69) is 10.6 Å². The minimum absolute atomic E-state index is 0.0812. The molecule has 2 N–H and O–H groups in total. The van der Waals surface area contributed by atoms with Crippen LogP contribution in [0.1, 0.15) is 59.8 Å². The van der Waals surface area contributed by atoms with Gasteiger partial charge in [-0.1, -0.05) is 19.3 Å². The van der Waals surface area contributed by atoms with Gasteiger partial charge in [-0.15, -0.1) is 0 Å². The molecule has 0 bridgehead atoms.